The molecule has 0 aliphatic heterocycles. The van der Waals surface area contributed by atoms with Crippen LogP contribution in [0.4, 0.5) is 0 Å². The van der Waals surface area contributed by atoms with Crippen molar-refractivity contribution in [3.8, 4) is 11.4 Å². The van der Waals surface area contributed by atoms with Crippen LogP contribution in [0, 0.1) is 0 Å². The lowest BCUT2D eigenvalue weighted by Crippen LogP contribution is -2.22. The molecule has 2 atom stereocenters. The number of aliphatic hydroxyl groups excluding tert-OH is 1. The van der Waals surface area contributed by atoms with Crippen molar-refractivity contribution < 1.29 is 9.84 Å². The first-order valence-corrected chi connectivity index (χ1v) is 11.2. The molecule has 0 amide bonds. The summed E-state index contributed by atoms with van der Waals surface area (Å²) in [6.45, 7) is 3.20. The van der Waals surface area contributed by atoms with Gasteiger partial charge in [0.25, 0.3) is 0 Å². The van der Waals surface area contributed by atoms with E-state index >= 15 is 0 Å². The smallest absolute Gasteiger partial charge is 0.191 e. The van der Waals surface area contributed by atoms with Crippen molar-refractivity contribution in [3.63, 3.8) is 0 Å². The molecule has 29 heavy (non-hydrogen) atoms. The molecule has 6 heteroatoms. The monoisotopic (exact) mass is 409 g/mol. The maximum atomic E-state index is 10.5. The van der Waals surface area contributed by atoms with Crippen molar-refractivity contribution in [2.75, 3.05) is 12.4 Å². The van der Waals surface area contributed by atoms with Gasteiger partial charge in [0.15, 0.2) is 11.0 Å². The van der Waals surface area contributed by atoms with E-state index in [2.05, 4.69) is 46.0 Å². The van der Waals surface area contributed by atoms with Gasteiger partial charge in [-0.25, -0.2) is 0 Å². The molecule has 0 fully saturated rings. The lowest BCUT2D eigenvalue weighted by atomic mass is 9.89. The number of hydrogen-bond acceptors (Lipinski definition) is 5. The first kappa shape index (κ1) is 20.1. The van der Waals surface area contributed by atoms with E-state index in [4.69, 9.17) is 4.74 Å². The minimum Gasteiger partial charge on any atom is -0.390 e. The van der Waals surface area contributed by atoms with Crippen LogP contribution in [0.25, 0.3) is 11.4 Å². The molecule has 1 heterocycles. The summed E-state index contributed by atoms with van der Waals surface area (Å²) in [7, 11) is 0. The van der Waals surface area contributed by atoms with Crippen LogP contribution in [0.15, 0.2) is 59.8 Å². The average Bonchev–Trinajstić information content (AvgIpc) is 3.19. The normalized spacial score (nSPS) is 17.1. The highest BCUT2D eigenvalue weighted by atomic mass is 32.2. The van der Waals surface area contributed by atoms with Gasteiger partial charge in [0, 0.05) is 17.9 Å². The number of aryl methyl sites for hydroxylation is 1. The molecule has 2 aromatic carbocycles. The van der Waals surface area contributed by atoms with Crippen molar-refractivity contribution in [1.29, 1.82) is 0 Å². The Morgan fingerprint density at radius 2 is 1.93 bits per heavy atom. The lowest BCUT2D eigenvalue weighted by molar-refractivity contribution is -0.00961. The predicted octanol–water partition coefficient (Wildman–Crippen LogP) is 4.51. The number of ether oxygens (including phenoxy) is 1. The van der Waals surface area contributed by atoms with E-state index in [1.54, 1.807) is 0 Å². The van der Waals surface area contributed by atoms with Gasteiger partial charge >= 0.3 is 0 Å². The lowest BCUT2D eigenvalue weighted by Gasteiger charge is -2.26. The van der Waals surface area contributed by atoms with Gasteiger partial charge in [-0.15, -0.1) is 10.2 Å². The van der Waals surface area contributed by atoms with Crippen molar-refractivity contribution in [2.24, 2.45) is 0 Å². The van der Waals surface area contributed by atoms with Gasteiger partial charge in [-0.3, -0.25) is 0 Å². The number of benzene rings is 2. The van der Waals surface area contributed by atoms with Gasteiger partial charge in [0.05, 0.1) is 18.8 Å². The standard InChI is InChI=1S/C23H27N3O2S/c1-2-26-22(18-10-4-3-5-11-18)24-25-23(26)29-16-19(27)15-28-21-14-8-12-17-9-6-7-13-20(17)21/h3-7,9-11,13,19,21,27H,2,8,12,14-16H2,1H3/t19-,21-/m0/s1. The Hall–Kier alpha value is -2.15. The predicted molar refractivity (Wildman–Crippen MR) is 116 cm³/mol. The summed E-state index contributed by atoms with van der Waals surface area (Å²) in [5.74, 6) is 1.39. The van der Waals surface area contributed by atoms with Crippen molar-refractivity contribution in [1.82, 2.24) is 14.8 Å². The third-order valence-electron chi connectivity index (χ3n) is 5.27. The van der Waals surface area contributed by atoms with Gasteiger partial charge < -0.3 is 14.4 Å². The van der Waals surface area contributed by atoms with Crippen LogP contribution in [0.5, 0.6) is 0 Å². The first-order valence-electron chi connectivity index (χ1n) is 10.2. The van der Waals surface area contributed by atoms with E-state index < -0.39 is 6.10 Å². The molecule has 0 spiro atoms. The van der Waals surface area contributed by atoms with Gasteiger partial charge in [0.1, 0.15) is 0 Å². The third kappa shape index (κ3) is 4.71. The molecular weight excluding hydrogens is 382 g/mol. The Kier molecular flexibility index (Phi) is 6.64. The zero-order valence-electron chi connectivity index (χ0n) is 16.7. The number of rotatable bonds is 8. The maximum absolute atomic E-state index is 10.5. The van der Waals surface area contributed by atoms with Crippen molar-refractivity contribution in [2.45, 2.75) is 50.1 Å². The summed E-state index contributed by atoms with van der Waals surface area (Å²) in [5.41, 5.74) is 3.70. The molecule has 1 aliphatic carbocycles. The number of fused-ring (bicyclic) bond motifs is 1. The summed E-state index contributed by atoms with van der Waals surface area (Å²) in [6.07, 6.45) is 2.81. The molecular formula is C23H27N3O2S. The fraction of sp³-hybridized carbons (Fsp3) is 0.391. The Balaban J connectivity index is 1.34. The Bertz CT molecular complexity index is 929. The Labute approximate surface area is 176 Å². The van der Waals surface area contributed by atoms with Crippen LogP contribution in [0.2, 0.25) is 0 Å². The molecule has 1 N–H and O–H groups in total. The van der Waals surface area contributed by atoms with E-state index in [-0.39, 0.29) is 6.10 Å². The molecule has 0 bridgehead atoms. The van der Waals surface area contributed by atoms with E-state index in [0.29, 0.717) is 12.4 Å². The Morgan fingerprint density at radius 3 is 2.76 bits per heavy atom. The average molecular weight is 410 g/mol. The van der Waals surface area contributed by atoms with E-state index in [1.807, 2.05) is 30.3 Å². The topological polar surface area (TPSA) is 60.2 Å². The molecule has 0 saturated heterocycles. The van der Waals surface area contributed by atoms with Crippen LogP contribution in [-0.2, 0) is 17.7 Å². The second-order valence-electron chi connectivity index (χ2n) is 7.29. The molecule has 0 unspecified atom stereocenters. The first-order chi connectivity index (χ1) is 14.3. The summed E-state index contributed by atoms with van der Waals surface area (Å²) < 4.78 is 8.17. The number of thioether (sulfide) groups is 1. The summed E-state index contributed by atoms with van der Waals surface area (Å²) in [5, 5.41) is 20.0. The quantitative estimate of drug-likeness (QED) is 0.555. The van der Waals surface area contributed by atoms with Crippen molar-refractivity contribution >= 4 is 11.8 Å². The maximum Gasteiger partial charge on any atom is 0.191 e. The molecule has 0 radical (unpaired) electrons. The van der Waals surface area contributed by atoms with Gasteiger partial charge in [0.2, 0.25) is 0 Å². The highest BCUT2D eigenvalue weighted by Gasteiger charge is 2.22. The third-order valence-corrected chi connectivity index (χ3v) is 6.39. The number of aromatic nitrogens is 3. The molecule has 0 saturated carbocycles. The summed E-state index contributed by atoms with van der Waals surface area (Å²) in [6, 6.07) is 18.5. The molecule has 1 aromatic heterocycles. The Morgan fingerprint density at radius 1 is 1.14 bits per heavy atom. The number of hydrogen-bond donors (Lipinski definition) is 1. The van der Waals surface area contributed by atoms with Crippen LogP contribution in [0.1, 0.15) is 37.0 Å². The van der Waals surface area contributed by atoms with Crippen LogP contribution < -0.4 is 0 Å². The van der Waals surface area contributed by atoms with Crippen LogP contribution in [-0.4, -0.2) is 38.3 Å². The number of nitrogens with zero attached hydrogens (tertiary/aromatic N) is 3. The highest BCUT2D eigenvalue weighted by Crippen LogP contribution is 2.32. The van der Waals surface area contributed by atoms with Crippen LogP contribution in [0.3, 0.4) is 0 Å². The fourth-order valence-electron chi connectivity index (χ4n) is 3.81. The van der Waals surface area contributed by atoms with Gasteiger partial charge in [-0.2, -0.15) is 0 Å². The second-order valence-corrected chi connectivity index (χ2v) is 8.28. The van der Waals surface area contributed by atoms with E-state index in [9.17, 15) is 5.11 Å². The highest BCUT2D eigenvalue weighted by molar-refractivity contribution is 7.99. The largest absolute Gasteiger partial charge is 0.390 e. The van der Waals surface area contributed by atoms with Crippen molar-refractivity contribution in [3.05, 3.63) is 65.7 Å². The fourth-order valence-corrected chi connectivity index (χ4v) is 4.72. The molecule has 1 aliphatic rings. The zero-order chi connectivity index (χ0) is 20.1. The van der Waals surface area contributed by atoms with Gasteiger partial charge in [-0.1, -0.05) is 66.4 Å². The minimum absolute atomic E-state index is 0.0866. The van der Waals surface area contributed by atoms with Gasteiger partial charge in [-0.05, 0) is 37.3 Å². The molecule has 4 rings (SSSR count). The van der Waals surface area contributed by atoms with E-state index in [0.717, 1.165) is 42.4 Å². The second kappa shape index (κ2) is 9.57. The zero-order valence-corrected chi connectivity index (χ0v) is 17.5. The van der Waals surface area contributed by atoms with Crippen LogP contribution >= 0.6 is 11.8 Å². The molecule has 152 valence electrons. The number of aliphatic hydroxyl groups is 1. The SMILES string of the molecule is CCn1c(SC[C@@H](O)CO[C@H]2CCCc3ccccc32)nnc1-c1ccccc1. The molecule has 5 nitrogen and oxygen atoms in total. The summed E-state index contributed by atoms with van der Waals surface area (Å²) in [4.78, 5) is 0. The molecule has 3 aromatic rings. The summed E-state index contributed by atoms with van der Waals surface area (Å²) >= 11 is 1.53. The minimum atomic E-state index is -0.545. The van der Waals surface area contributed by atoms with E-state index in [1.165, 1.54) is 22.9 Å².